The Labute approximate surface area is 137 Å². The van der Waals surface area contributed by atoms with E-state index < -0.39 is 0 Å². The number of rotatable bonds is 4. The average molecular weight is 368 g/mol. The second kappa shape index (κ2) is 6.62. The zero-order chi connectivity index (χ0) is 15.6. The standard InChI is InChI=1S/C16H18BrNO2S/c1-9-7-14(11(3)21-9)10(2)18-16(19)13-6-5-12(17)8-15(13)20-4/h5-8,10H,1-4H3,(H,18,19). The maximum Gasteiger partial charge on any atom is 0.255 e. The number of methoxy groups -OCH3 is 1. The molecule has 112 valence electrons. The number of carbonyl (C=O) groups is 1. The van der Waals surface area contributed by atoms with Gasteiger partial charge in [-0.3, -0.25) is 4.79 Å². The molecular formula is C16H18BrNO2S. The number of halogens is 1. The van der Waals surface area contributed by atoms with E-state index in [0.29, 0.717) is 11.3 Å². The van der Waals surface area contributed by atoms with Crippen LogP contribution < -0.4 is 10.1 Å². The molecule has 0 fully saturated rings. The minimum atomic E-state index is -0.130. The summed E-state index contributed by atoms with van der Waals surface area (Å²) in [4.78, 5) is 14.9. The average Bonchev–Trinajstić information content (AvgIpc) is 2.77. The van der Waals surface area contributed by atoms with Gasteiger partial charge < -0.3 is 10.1 Å². The summed E-state index contributed by atoms with van der Waals surface area (Å²) in [5.41, 5.74) is 1.71. The first-order valence-electron chi connectivity index (χ1n) is 6.63. The van der Waals surface area contributed by atoms with E-state index in [0.717, 1.165) is 4.47 Å². The van der Waals surface area contributed by atoms with Gasteiger partial charge in [0.2, 0.25) is 0 Å². The molecule has 1 aromatic heterocycles. The highest BCUT2D eigenvalue weighted by Crippen LogP contribution is 2.28. The molecule has 0 aliphatic rings. The number of carbonyl (C=O) groups excluding carboxylic acids is 1. The molecular weight excluding hydrogens is 350 g/mol. The third-order valence-corrected chi connectivity index (χ3v) is 4.78. The second-order valence-corrected chi connectivity index (χ2v) is 7.28. The Hall–Kier alpha value is -1.33. The summed E-state index contributed by atoms with van der Waals surface area (Å²) in [7, 11) is 1.56. The van der Waals surface area contributed by atoms with Crippen LogP contribution in [0.2, 0.25) is 0 Å². The van der Waals surface area contributed by atoms with Crippen molar-refractivity contribution in [3.63, 3.8) is 0 Å². The number of aryl methyl sites for hydroxylation is 2. The number of benzene rings is 1. The van der Waals surface area contributed by atoms with E-state index in [1.165, 1.54) is 15.3 Å². The van der Waals surface area contributed by atoms with Crippen molar-refractivity contribution < 1.29 is 9.53 Å². The minimum absolute atomic E-state index is 0.0317. The van der Waals surface area contributed by atoms with E-state index in [1.807, 2.05) is 13.0 Å². The molecule has 1 unspecified atom stereocenters. The van der Waals surface area contributed by atoms with Crippen molar-refractivity contribution in [2.75, 3.05) is 7.11 Å². The summed E-state index contributed by atoms with van der Waals surface area (Å²) < 4.78 is 6.16. The minimum Gasteiger partial charge on any atom is -0.496 e. The van der Waals surface area contributed by atoms with E-state index in [1.54, 1.807) is 30.6 Å². The summed E-state index contributed by atoms with van der Waals surface area (Å²) >= 11 is 5.12. The molecule has 1 aromatic carbocycles. The molecule has 2 aromatic rings. The fourth-order valence-electron chi connectivity index (χ4n) is 2.29. The van der Waals surface area contributed by atoms with Crippen molar-refractivity contribution in [2.24, 2.45) is 0 Å². The number of hydrogen-bond donors (Lipinski definition) is 1. The molecule has 0 saturated heterocycles. The molecule has 1 heterocycles. The molecule has 0 aliphatic carbocycles. The Morgan fingerprint density at radius 1 is 1.33 bits per heavy atom. The van der Waals surface area contributed by atoms with Gasteiger partial charge in [0, 0.05) is 14.2 Å². The maximum absolute atomic E-state index is 12.4. The summed E-state index contributed by atoms with van der Waals surface area (Å²) in [6.45, 7) is 6.15. The predicted molar refractivity (Wildman–Crippen MR) is 90.4 cm³/mol. The molecule has 21 heavy (non-hydrogen) atoms. The van der Waals surface area contributed by atoms with Crippen LogP contribution in [-0.2, 0) is 0 Å². The zero-order valence-corrected chi connectivity index (χ0v) is 14.9. The van der Waals surface area contributed by atoms with Gasteiger partial charge in [0.25, 0.3) is 5.91 Å². The first-order valence-corrected chi connectivity index (χ1v) is 8.24. The highest BCUT2D eigenvalue weighted by atomic mass is 79.9. The van der Waals surface area contributed by atoms with E-state index in [-0.39, 0.29) is 11.9 Å². The first-order chi connectivity index (χ1) is 9.92. The van der Waals surface area contributed by atoms with Gasteiger partial charge in [0.1, 0.15) is 5.75 Å². The maximum atomic E-state index is 12.4. The van der Waals surface area contributed by atoms with Gasteiger partial charge >= 0.3 is 0 Å². The van der Waals surface area contributed by atoms with Crippen LogP contribution >= 0.6 is 27.3 Å². The SMILES string of the molecule is COc1cc(Br)ccc1C(=O)NC(C)c1cc(C)sc1C. The highest BCUT2D eigenvalue weighted by molar-refractivity contribution is 9.10. The zero-order valence-electron chi connectivity index (χ0n) is 12.5. The first kappa shape index (κ1) is 16.0. The lowest BCUT2D eigenvalue weighted by molar-refractivity contribution is 0.0937. The van der Waals surface area contributed by atoms with Crippen molar-refractivity contribution >= 4 is 33.2 Å². The fraction of sp³-hybridized carbons (Fsp3) is 0.312. The van der Waals surface area contributed by atoms with Crippen LogP contribution in [-0.4, -0.2) is 13.0 Å². The van der Waals surface area contributed by atoms with Crippen LogP contribution in [0.15, 0.2) is 28.7 Å². The van der Waals surface area contributed by atoms with Gasteiger partial charge in [-0.25, -0.2) is 0 Å². The van der Waals surface area contributed by atoms with Crippen molar-refractivity contribution in [1.82, 2.24) is 5.32 Å². The Kier molecular flexibility index (Phi) is 5.06. The van der Waals surface area contributed by atoms with E-state index >= 15 is 0 Å². The second-order valence-electron chi connectivity index (χ2n) is 4.91. The van der Waals surface area contributed by atoms with Gasteiger partial charge in [0.05, 0.1) is 18.7 Å². The Morgan fingerprint density at radius 3 is 2.62 bits per heavy atom. The Bertz CT molecular complexity index is 666. The number of hydrogen-bond acceptors (Lipinski definition) is 3. The molecule has 2 rings (SSSR count). The predicted octanol–water partition coefficient (Wildman–Crippen LogP) is 4.63. The fourth-order valence-corrected chi connectivity index (χ4v) is 3.65. The lowest BCUT2D eigenvalue weighted by Gasteiger charge is -2.15. The van der Waals surface area contributed by atoms with Crippen LogP contribution in [0.5, 0.6) is 5.75 Å². The van der Waals surface area contributed by atoms with Gasteiger partial charge in [-0.1, -0.05) is 15.9 Å². The van der Waals surface area contributed by atoms with Crippen LogP contribution in [0.4, 0.5) is 0 Å². The van der Waals surface area contributed by atoms with Gasteiger partial charge in [-0.2, -0.15) is 0 Å². The van der Waals surface area contributed by atoms with Gasteiger partial charge in [-0.05, 0) is 50.6 Å². The largest absolute Gasteiger partial charge is 0.496 e. The molecule has 3 nitrogen and oxygen atoms in total. The summed E-state index contributed by atoms with van der Waals surface area (Å²) in [6, 6.07) is 7.48. The number of amides is 1. The molecule has 0 bridgehead atoms. The van der Waals surface area contributed by atoms with Gasteiger partial charge in [-0.15, -0.1) is 11.3 Å². The van der Waals surface area contributed by atoms with Gasteiger partial charge in [0.15, 0.2) is 0 Å². The molecule has 1 N–H and O–H groups in total. The monoisotopic (exact) mass is 367 g/mol. The molecule has 0 saturated carbocycles. The third-order valence-electron chi connectivity index (χ3n) is 3.30. The number of ether oxygens (including phenoxy) is 1. The Morgan fingerprint density at radius 2 is 2.05 bits per heavy atom. The van der Waals surface area contributed by atoms with Crippen molar-refractivity contribution in [3.8, 4) is 5.75 Å². The smallest absolute Gasteiger partial charge is 0.255 e. The van der Waals surface area contributed by atoms with Crippen molar-refractivity contribution in [1.29, 1.82) is 0 Å². The highest BCUT2D eigenvalue weighted by Gasteiger charge is 2.17. The molecule has 5 heteroatoms. The van der Waals surface area contributed by atoms with E-state index in [2.05, 4.69) is 41.2 Å². The summed E-state index contributed by atoms with van der Waals surface area (Å²) in [6.07, 6.45) is 0. The molecule has 0 aliphatic heterocycles. The van der Waals surface area contributed by atoms with Crippen LogP contribution in [0, 0.1) is 13.8 Å². The van der Waals surface area contributed by atoms with E-state index in [4.69, 9.17) is 4.74 Å². The lowest BCUT2D eigenvalue weighted by Crippen LogP contribution is -2.27. The Balaban J connectivity index is 2.20. The lowest BCUT2D eigenvalue weighted by atomic mass is 10.1. The molecule has 1 atom stereocenters. The number of nitrogens with one attached hydrogen (secondary N) is 1. The normalized spacial score (nSPS) is 12.0. The van der Waals surface area contributed by atoms with Crippen LogP contribution in [0.1, 0.15) is 38.6 Å². The number of thiophene rings is 1. The van der Waals surface area contributed by atoms with Crippen molar-refractivity contribution in [2.45, 2.75) is 26.8 Å². The summed E-state index contributed by atoms with van der Waals surface area (Å²) in [5.74, 6) is 0.433. The molecule has 0 radical (unpaired) electrons. The van der Waals surface area contributed by atoms with Crippen LogP contribution in [0.25, 0.3) is 0 Å². The van der Waals surface area contributed by atoms with Crippen molar-refractivity contribution in [3.05, 3.63) is 49.6 Å². The third kappa shape index (κ3) is 3.66. The van der Waals surface area contributed by atoms with Crippen LogP contribution in [0.3, 0.4) is 0 Å². The molecule has 1 amide bonds. The van der Waals surface area contributed by atoms with E-state index in [9.17, 15) is 4.79 Å². The molecule has 0 spiro atoms. The summed E-state index contributed by atoms with van der Waals surface area (Å²) in [5, 5.41) is 3.03. The topological polar surface area (TPSA) is 38.3 Å². The quantitative estimate of drug-likeness (QED) is 0.855.